The van der Waals surface area contributed by atoms with Gasteiger partial charge in [0, 0.05) is 13.3 Å². The Morgan fingerprint density at radius 3 is 2.93 bits per heavy atom. The molecule has 1 unspecified atom stereocenters. The van der Waals surface area contributed by atoms with Crippen LogP contribution in [-0.2, 0) is 11.2 Å². The lowest BCUT2D eigenvalue weighted by atomic mass is 9.97. The average Bonchev–Trinajstić information content (AvgIpc) is 2.14. The van der Waals surface area contributed by atoms with Gasteiger partial charge in [0.15, 0.2) is 0 Å². The van der Waals surface area contributed by atoms with Crippen molar-refractivity contribution in [2.24, 2.45) is 0 Å². The van der Waals surface area contributed by atoms with Crippen LogP contribution in [0.5, 0.6) is 5.75 Å². The zero-order chi connectivity index (χ0) is 11.1. The Hall–Kier alpha value is -1.55. The van der Waals surface area contributed by atoms with Gasteiger partial charge in [-0.2, -0.15) is 0 Å². The molecule has 0 aliphatic carbocycles. The Kier molecular flexibility index (Phi) is 2.16. The number of cyclic esters (lactones) is 1. The molecule has 0 fully saturated rings. The summed E-state index contributed by atoms with van der Waals surface area (Å²) in [6.45, 7) is 1.47. The SMILES string of the molecule is COc1ccc2c(c1)CC(C)(O)OC2=O. The molecule has 0 radical (unpaired) electrons. The van der Waals surface area contributed by atoms with Gasteiger partial charge in [-0.05, 0) is 23.8 Å². The Morgan fingerprint density at radius 2 is 2.27 bits per heavy atom. The number of carbonyl (C=O) groups excluding carboxylic acids is 1. The summed E-state index contributed by atoms with van der Waals surface area (Å²) < 4.78 is 9.90. The van der Waals surface area contributed by atoms with Crippen molar-refractivity contribution in [2.45, 2.75) is 19.1 Å². The molecule has 1 heterocycles. The summed E-state index contributed by atoms with van der Waals surface area (Å²) >= 11 is 0. The lowest BCUT2D eigenvalue weighted by Crippen LogP contribution is -2.38. The number of methoxy groups -OCH3 is 1. The molecule has 80 valence electrons. The van der Waals surface area contributed by atoms with Gasteiger partial charge in [0.05, 0.1) is 12.7 Å². The molecule has 0 saturated heterocycles. The summed E-state index contributed by atoms with van der Waals surface area (Å²) in [5, 5.41) is 9.67. The first-order chi connectivity index (χ1) is 7.02. The van der Waals surface area contributed by atoms with Crippen LogP contribution in [0.25, 0.3) is 0 Å². The Balaban J connectivity index is 2.46. The highest BCUT2D eigenvalue weighted by molar-refractivity contribution is 5.92. The number of rotatable bonds is 1. The van der Waals surface area contributed by atoms with Gasteiger partial charge in [0.1, 0.15) is 5.75 Å². The number of ether oxygens (including phenoxy) is 2. The predicted octanol–water partition coefficient (Wildman–Crippen LogP) is 1.12. The average molecular weight is 208 g/mol. The summed E-state index contributed by atoms with van der Waals surface area (Å²) in [6, 6.07) is 5.08. The quantitative estimate of drug-likeness (QED) is 0.702. The van der Waals surface area contributed by atoms with E-state index in [1.165, 1.54) is 6.92 Å². The van der Waals surface area contributed by atoms with Crippen molar-refractivity contribution in [3.05, 3.63) is 29.3 Å². The molecule has 1 N–H and O–H groups in total. The van der Waals surface area contributed by atoms with Gasteiger partial charge >= 0.3 is 5.97 Å². The van der Waals surface area contributed by atoms with E-state index in [-0.39, 0.29) is 6.42 Å². The van der Waals surface area contributed by atoms with E-state index >= 15 is 0 Å². The first kappa shape index (κ1) is 9.98. The number of esters is 1. The molecular weight excluding hydrogens is 196 g/mol. The maximum absolute atomic E-state index is 11.5. The van der Waals surface area contributed by atoms with Crippen molar-refractivity contribution in [1.82, 2.24) is 0 Å². The molecule has 1 atom stereocenters. The second kappa shape index (κ2) is 3.24. The zero-order valence-corrected chi connectivity index (χ0v) is 8.61. The smallest absolute Gasteiger partial charge is 0.340 e. The molecule has 15 heavy (non-hydrogen) atoms. The fourth-order valence-electron chi connectivity index (χ4n) is 1.69. The lowest BCUT2D eigenvalue weighted by Gasteiger charge is -2.29. The second-order valence-electron chi connectivity index (χ2n) is 3.76. The number of fused-ring (bicyclic) bond motifs is 1. The maximum atomic E-state index is 11.5. The zero-order valence-electron chi connectivity index (χ0n) is 8.61. The lowest BCUT2D eigenvalue weighted by molar-refractivity contribution is -0.154. The highest BCUT2D eigenvalue weighted by Crippen LogP contribution is 2.28. The van der Waals surface area contributed by atoms with E-state index in [4.69, 9.17) is 9.47 Å². The van der Waals surface area contributed by atoms with Crippen molar-refractivity contribution >= 4 is 5.97 Å². The van der Waals surface area contributed by atoms with Crippen LogP contribution in [0.3, 0.4) is 0 Å². The van der Waals surface area contributed by atoms with Crippen LogP contribution in [0.15, 0.2) is 18.2 Å². The van der Waals surface area contributed by atoms with Gasteiger partial charge in [-0.15, -0.1) is 0 Å². The van der Waals surface area contributed by atoms with Gasteiger partial charge in [-0.25, -0.2) is 4.79 Å². The van der Waals surface area contributed by atoms with Crippen LogP contribution in [-0.4, -0.2) is 24.0 Å². The molecule has 0 aromatic heterocycles. The molecule has 0 bridgehead atoms. The molecule has 0 amide bonds. The van der Waals surface area contributed by atoms with Gasteiger partial charge in [-0.1, -0.05) is 0 Å². The van der Waals surface area contributed by atoms with Crippen molar-refractivity contribution in [3.63, 3.8) is 0 Å². The van der Waals surface area contributed by atoms with Crippen LogP contribution in [0.4, 0.5) is 0 Å². The summed E-state index contributed by atoms with van der Waals surface area (Å²) in [5.41, 5.74) is 1.23. The summed E-state index contributed by atoms with van der Waals surface area (Å²) in [6.07, 6.45) is 0.283. The number of carbonyl (C=O) groups is 1. The Labute approximate surface area is 87.4 Å². The molecule has 1 aromatic carbocycles. The third-order valence-electron chi connectivity index (χ3n) is 2.36. The third kappa shape index (κ3) is 1.80. The maximum Gasteiger partial charge on any atom is 0.340 e. The Morgan fingerprint density at radius 1 is 1.53 bits per heavy atom. The molecule has 1 aliphatic rings. The van der Waals surface area contributed by atoms with E-state index in [2.05, 4.69) is 0 Å². The normalized spacial score (nSPS) is 24.3. The van der Waals surface area contributed by atoms with Gasteiger partial charge in [0.25, 0.3) is 0 Å². The topological polar surface area (TPSA) is 55.8 Å². The first-order valence-corrected chi connectivity index (χ1v) is 4.64. The molecule has 4 heteroatoms. The van der Waals surface area contributed by atoms with E-state index in [0.717, 1.165) is 5.56 Å². The molecule has 1 aromatic rings. The summed E-state index contributed by atoms with van der Waals surface area (Å²) in [4.78, 5) is 11.5. The minimum absolute atomic E-state index is 0.283. The summed E-state index contributed by atoms with van der Waals surface area (Å²) in [5.74, 6) is -1.25. The molecule has 1 aliphatic heterocycles. The van der Waals surface area contributed by atoms with E-state index in [0.29, 0.717) is 11.3 Å². The molecule has 2 rings (SSSR count). The standard InChI is InChI=1S/C11H12O4/c1-11(13)6-7-5-8(14-2)3-4-9(7)10(12)15-11/h3-5,13H,6H2,1-2H3. The van der Waals surface area contributed by atoms with Crippen LogP contribution in [0, 0.1) is 0 Å². The minimum atomic E-state index is -1.42. The highest BCUT2D eigenvalue weighted by Gasteiger charge is 2.34. The van der Waals surface area contributed by atoms with Gasteiger partial charge in [0.2, 0.25) is 5.79 Å². The van der Waals surface area contributed by atoms with E-state index in [1.54, 1.807) is 25.3 Å². The minimum Gasteiger partial charge on any atom is -0.497 e. The van der Waals surface area contributed by atoms with E-state index in [9.17, 15) is 9.90 Å². The van der Waals surface area contributed by atoms with Crippen LogP contribution in [0.1, 0.15) is 22.8 Å². The highest BCUT2D eigenvalue weighted by atomic mass is 16.7. The fraction of sp³-hybridized carbons (Fsp3) is 0.364. The summed E-state index contributed by atoms with van der Waals surface area (Å²) in [7, 11) is 1.56. The predicted molar refractivity (Wildman–Crippen MR) is 52.7 cm³/mol. The van der Waals surface area contributed by atoms with E-state index < -0.39 is 11.8 Å². The van der Waals surface area contributed by atoms with Crippen molar-refractivity contribution in [1.29, 1.82) is 0 Å². The van der Waals surface area contributed by atoms with E-state index in [1.807, 2.05) is 0 Å². The largest absolute Gasteiger partial charge is 0.497 e. The molecule has 4 nitrogen and oxygen atoms in total. The first-order valence-electron chi connectivity index (χ1n) is 4.64. The van der Waals surface area contributed by atoms with Crippen LogP contribution in [0.2, 0.25) is 0 Å². The van der Waals surface area contributed by atoms with Gasteiger partial charge in [-0.3, -0.25) is 0 Å². The van der Waals surface area contributed by atoms with Crippen molar-refractivity contribution in [3.8, 4) is 5.75 Å². The number of aliphatic hydroxyl groups is 1. The molecule has 0 spiro atoms. The number of hydrogen-bond donors (Lipinski definition) is 1. The van der Waals surface area contributed by atoms with Crippen LogP contribution >= 0.6 is 0 Å². The fourth-order valence-corrected chi connectivity index (χ4v) is 1.69. The van der Waals surface area contributed by atoms with Crippen LogP contribution < -0.4 is 4.74 Å². The van der Waals surface area contributed by atoms with Crippen molar-refractivity contribution in [2.75, 3.05) is 7.11 Å². The monoisotopic (exact) mass is 208 g/mol. The molecular formula is C11H12O4. The van der Waals surface area contributed by atoms with Gasteiger partial charge < -0.3 is 14.6 Å². The second-order valence-corrected chi connectivity index (χ2v) is 3.76. The van der Waals surface area contributed by atoms with Crippen molar-refractivity contribution < 1.29 is 19.4 Å². The number of benzene rings is 1. The third-order valence-corrected chi connectivity index (χ3v) is 2.36. The molecule has 0 saturated carbocycles. The Bertz CT molecular complexity index is 409. The number of hydrogen-bond acceptors (Lipinski definition) is 4.